The summed E-state index contributed by atoms with van der Waals surface area (Å²) in [7, 11) is 0. The van der Waals surface area contributed by atoms with E-state index in [2.05, 4.69) is 15.6 Å². The monoisotopic (exact) mass is 351 g/mol. The van der Waals surface area contributed by atoms with Gasteiger partial charge in [-0.1, -0.05) is 0 Å². The van der Waals surface area contributed by atoms with Gasteiger partial charge >= 0.3 is 12.1 Å². The molecule has 1 aromatic rings. The molecular weight excluding hydrogens is 326 g/mol. The van der Waals surface area contributed by atoms with Gasteiger partial charge in [-0.15, -0.1) is 0 Å². The van der Waals surface area contributed by atoms with Crippen LogP contribution in [0.1, 0.15) is 50.4 Å². The third-order valence-electron chi connectivity index (χ3n) is 3.12. The van der Waals surface area contributed by atoms with Crippen LogP contribution in [-0.4, -0.2) is 46.2 Å². The van der Waals surface area contributed by atoms with Crippen LogP contribution in [0, 0.1) is 0 Å². The smallest absolute Gasteiger partial charge is 0.408 e. The molecule has 1 aromatic heterocycles. The topological polar surface area (TPSA) is 118 Å². The fraction of sp³-hybridized carbons (Fsp3) is 0.529. The lowest BCUT2D eigenvalue weighted by Crippen LogP contribution is -2.43. The molecule has 0 fully saturated rings. The third-order valence-corrected chi connectivity index (χ3v) is 3.12. The number of unbranched alkanes of at least 4 members (excludes halogenated alkanes) is 1. The molecule has 0 saturated carbocycles. The predicted octanol–water partition coefficient (Wildman–Crippen LogP) is 1.96. The number of alkyl carbamates (subject to hydrolysis) is 1. The second-order valence-electron chi connectivity index (χ2n) is 6.53. The summed E-state index contributed by atoms with van der Waals surface area (Å²) in [6, 6.07) is 2.31. The molecule has 138 valence electrons. The van der Waals surface area contributed by atoms with Crippen LogP contribution in [0.5, 0.6) is 0 Å². The van der Waals surface area contributed by atoms with E-state index >= 15 is 0 Å². The second kappa shape index (κ2) is 9.61. The van der Waals surface area contributed by atoms with E-state index in [1.54, 1.807) is 39.1 Å². The molecule has 0 aliphatic rings. The highest BCUT2D eigenvalue weighted by Gasteiger charge is 2.23. The Morgan fingerprint density at radius 2 is 2.00 bits per heavy atom. The van der Waals surface area contributed by atoms with Crippen molar-refractivity contribution in [3.63, 3.8) is 0 Å². The summed E-state index contributed by atoms with van der Waals surface area (Å²) >= 11 is 0. The van der Waals surface area contributed by atoms with Gasteiger partial charge in [-0.3, -0.25) is 9.78 Å². The Hall–Kier alpha value is -2.64. The Bertz CT molecular complexity index is 584. The van der Waals surface area contributed by atoms with Crippen molar-refractivity contribution in [1.29, 1.82) is 0 Å². The summed E-state index contributed by atoms with van der Waals surface area (Å²) in [6.45, 7) is 5.51. The maximum atomic E-state index is 11.8. The summed E-state index contributed by atoms with van der Waals surface area (Å²) in [6.07, 6.45) is 3.66. The van der Waals surface area contributed by atoms with Gasteiger partial charge in [0.15, 0.2) is 0 Å². The van der Waals surface area contributed by atoms with E-state index in [-0.39, 0.29) is 12.3 Å². The molecule has 0 radical (unpaired) electrons. The van der Waals surface area contributed by atoms with Crippen molar-refractivity contribution in [2.24, 2.45) is 0 Å². The van der Waals surface area contributed by atoms with Crippen molar-refractivity contribution < 1.29 is 24.2 Å². The van der Waals surface area contributed by atoms with E-state index in [1.165, 1.54) is 6.20 Å². The van der Waals surface area contributed by atoms with Crippen LogP contribution in [-0.2, 0) is 9.53 Å². The SMILES string of the molecule is CC(C)(C)OC(=O)N[C@@H](CCCCNC(=O)c1cccnc1)C(=O)O. The molecule has 1 atom stereocenters. The molecule has 0 unspecified atom stereocenters. The largest absolute Gasteiger partial charge is 0.480 e. The summed E-state index contributed by atoms with van der Waals surface area (Å²) in [5, 5.41) is 14.2. The molecule has 8 heteroatoms. The minimum absolute atomic E-state index is 0.227. The Kier molecular flexibility index (Phi) is 7.84. The molecule has 0 aromatic carbocycles. The minimum atomic E-state index is -1.12. The molecule has 0 aliphatic carbocycles. The molecule has 8 nitrogen and oxygen atoms in total. The van der Waals surface area contributed by atoms with Gasteiger partial charge in [0.1, 0.15) is 11.6 Å². The molecule has 2 amide bonds. The molecule has 3 N–H and O–H groups in total. The molecule has 0 saturated heterocycles. The van der Waals surface area contributed by atoms with Crippen LogP contribution < -0.4 is 10.6 Å². The van der Waals surface area contributed by atoms with Crippen LogP contribution in [0.15, 0.2) is 24.5 Å². The number of nitrogens with zero attached hydrogens (tertiary/aromatic N) is 1. The summed E-state index contributed by atoms with van der Waals surface area (Å²) < 4.78 is 5.05. The van der Waals surface area contributed by atoms with Crippen molar-refractivity contribution in [3.05, 3.63) is 30.1 Å². The Morgan fingerprint density at radius 1 is 1.28 bits per heavy atom. The average Bonchev–Trinajstić information content (AvgIpc) is 2.52. The maximum Gasteiger partial charge on any atom is 0.408 e. The van der Waals surface area contributed by atoms with Gasteiger partial charge < -0.3 is 20.5 Å². The van der Waals surface area contributed by atoms with Crippen LogP contribution in [0.4, 0.5) is 4.79 Å². The number of pyridine rings is 1. The number of hydrogen-bond donors (Lipinski definition) is 3. The summed E-state index contributed by atoms with van der Waals surface area (Å²) in [5.74, 6) is -1.35. The molecule has 0 bridgehead atoms. The lowest BCUT2D eigenvalue weighted by atomic mass is 10.1. The Morgan fingerprint density at radius 3 is 2.56 bits per heavy atom. The first-order valence-corrected chi connectivity index (χ1v) is 8.09. The van der Waals surface area contributed by atoms with Crippen LogP contribution in [0.3, 0.4) is 0 Å². The lowest BCUT2D eigenvalue weighted by Gasteiger charge is -2.22. The van der Waals surface area contributed by atoms with Crippen LogP contribution in [0.25, 0.3) is 0 Å². The van der Waals surface area contributed by atoms with Crippen molar-refractivity contribution in [3.8, 4) is 0 Å². The number of aromatic nitrogens is 1. The number of carbonyl (C=O) groups is 3. The molecule has 0 spiro atoms. The van der Waals surface area contributed by atoms with E-state index in [4.69, 9.17) is 9.84 Å². The van der Waals surface area contributed by atoms with Crippen LogP contribution >= 0.6 is 0 Å². The number of nitrogens with one attached hydrogen (secondary N) is 2. The summed E-state index contributed by atoms with van der Waals surface area (Å²) in [4.78, 5) is 38.5. The number of carboxylic acids is 1. The van der Waals surface area contributed by atoms with Crippen molar-refractivity contribution in [1.82, 2.24) is 15.6 Å². The first kappa shape index (κ1) is 20.4. The number of aliphatic carboxylic acids is 1. The highest BCUT2D eigenvalue weighted by molar-refractivity contribution is 5.93. The van der Waals surface area contributed by atoms with E-state index < -0.39 is 23.7 Å². The van der Waals surface area contributed by atoms with Gasteiger partial charge in [0, 0.05) is 18.9 Å². The van der Waals surface area contributed by atoms with Gasteiger partial charge in [0.2, 0.25) is 0 Å². The fourth-order valence-corrected chi connectivity index (χ4v) is 1.98. The predicted molar refractivity (Wildman–Crippen MR) is 91.2 cm³/mol. The first-order valence-electron chi connectivity index (χ1n) is 8.09. The number of ether oxygens (including phenoxy) is 1. The first-order chi connectivity index (χ1) is 11.7. The number of carbonyl (C=O) groups excluding carboxylic acids is 2. The maximum absolute atomic E-state index is 11.8. The standard InChI is InChI=1S/C17H25N3O5/c1-17(2,3)25-16(24)20-13(15(22)23)8-4-5-10-19-14(21)12-7-6-9-18-11-12/h6-7,9,11,13H,4-5,8,10H2,1-3H3,(H,19,21)(H,20,24)(H,22,23)/t13-/m0/s1. The van der Waals surface area contributed by atoms with Gasteiger partial charge in [-0.25, -0.2) is 9.59 Å². The molecule has 1 heterocycles. The molecule has 25 heavy (non-hydrogen) atoms. The quantitative estimate of drug-likeness (QED) is 0.616. The van der Waals surface area contributed by atoms with Gasteiger partial charge in [-0.05, 0) is 52.2 Å². The number of rotatable bonds is 8. The summed E-state index contributed by atoms with van der Waals surface area (Å²) in [5.41, 5.74) is -0.221. The molecule has 0 aliphatic heterocycles. The number of hydrogen-bond acceptors (Lipinski definition) is 5. The Labute approximate surface area is 147 Å². The average molecular weight is 351 g/mol. The van der Waals surface area contributed by atoms with Gasteiger partial charge in [0.25, 0.3) is 5.91 Å². The number of carboxylic acid groups (broad SMARTS) is 1. The normalized spacial score (nSPS) is 12.1. The Balaban J connectivity index is 2.30. The zero-order chi connectivity index (χ0) is 18.9. The van der Waals surface area contributed by atoms with Gasteiger partial charge in [-0.2, -0.15) is 0 Å². The zero-order valence-corrected chi connectivity index (χ0v) is 14.7. The van der Waals surface area contributed by atoms with Crippen LogP contribution in [0.2, 0.25) is 0 Å². The lowest BCUT2D eigenvalue weighted by molar-refractivity contribution is -0.139. The zero-order valence-electron chi connectivity index (χ0n) is 14.7. The third kappa shape index (κ3) is 8.69. The van der Waals surface area contributed by atoms with E-state index in [0.29, 0.717) is 24.9 Å². The molecule has 1 rings (SSSR count). The van der Waals surface area contributed by atoms with Crippen molar-refractivity contribution in [2.75, 3.05) is 6.54 Å². The van der Waals surface area contributed by atoms with E-state index in [9.17, 15) is 14.4 Å². The molecular formula is C17H25N3O5. The number of amides is 2. The van der Waals surface area contributed by atoms with Crippen molar-refractivity contribution >= 4 is 18.0 Å². The minimum Gasteiger partial charge on any atom is -0.480 e. The fourth-order valence-electron chi connectivity index (χ4n) is 1.98. The van der Waals surface area contributed by atoms with Gasteiger partial charge in [0.05, 0.1) is 5.56 Å². The second-order valence-corrected chi connectivity index (χ2v) is 6.53. The highest BCUT2D eigenvalue weighted by Crippen LogP contribution is 2.08. The van der Waals surface area contributed by atoms with E-state index in [1.807, 2.05) is 0 Å². The highest BCUT2D eigenvalue weighted by atomic mass is 16.6. The van der Waals surface area contributed by atoms with Crippen molar-refractivity contribution in [2.45, 2.75) is 51.7 Å². The van der Waals surface area contributed by atoms with E-state index in [0.717, 1.165) is 0 Å².